The maximum atomic E-state index is 8.50. The fourth-order valence-corrected chi connectivity index (χ4v) is 0.751. The number of rotatable bonds is 4. The first kappa shape index (κ1) is 14.1. The van der Waals surface area contributed by atoms with Gasteiger partial charge in [-0.1, -0.05) is 11.6 Å². The Bertz CT molecular complexity index is 54.2. The second-order valence-electron chi connectivity index (χ2n) is 1.62. The van der Waals surface area contributed by atoms with Gasteiger partial charge >= 0.3 is 28.7 Å². The summed E-state index contributed by atoms with van der Waals surface area (Å²) >= 11 is 12.1. The van der Waals surface area contributed by atoms with Crippen molar-refractivity contribution >= 4 is 32.5 Å². The van der Waals surface area contributed by atoms with Crippen LogP contribution < -0.4 is 0 Å². The molecule has 61 valence electrons. The molecule has 10 heavy (non-hydrogen) atoms. The van der Waals surface area contributed by atoms with E-state index >= 15 is 0 Å². The molecule has 1 nitrogen and oxygen atoms in total. The van der Waals surface area contributed by atoms with Gasteiger partial charge in [0.15, 0.2) is 0 Å². The van der Waals surface area contributed by atoms with E-state index in [0.29, 0.717) is 12.3 Å². The zero-order valence-electron chi connectivity index (χ0n) is 5.49. The van der Waals surface area contributed by atoms with E-state index in [1.807, 2.05) is 0 Å². The van der Waals surface area contributed by atoms with E-state index in [1.165, 1.54) is 19.4 Å². The Morgan fingerprint density at radius 2 is 1.80 bits per heavy atom. The van der Waals surface area contributed by atoms with Gasteiger partial charge in [-0.2, -0.15) is 0 Å². The van der Waals surface area contributed by atoms with Crippen molar-refractivity contribution in [1.29, 1.82) is 0 Å². The Morgan fingerprint density at radius 3 is 2.10 bits per heavy atom. The molecule has 0 aromatic heterocycles. The summed E-state index contributed by atoms with van der Waals surface area (Å²) in [6, 6.07) is 0. The molecule has 1 atom stereocenters. The predicted octanol–water partition coefficient (Wildman–Crippen LogP) is 2.64. The molecule has 0 spiro atoms. The molecular weight excluding hydrogens is 230 g/mol. The first-order chi connectivity index (χ1) is 4.77. The van der Waals surface area contributed by atoms with Gasteiger partial charge in [-0.05, 0) is 19.3 Å². The molecule has 0 amide bonds. The summed E-state index contributed by atoms with van der Waals surface area (Å²) < 4.78 is 0. The maximum absolute atomic E-state index is 8.50. The van der Waals surface area contributed by atoms with E-state index in [0.717, 1.165) is 12.8 Å². The number of hydrogen-bond acceptors (Lipinski definition) is 1. The van der Waals surface area contributed by atoms with E-state index in [2.05, 4.69) is 9.30 Å². The van der Waals surface area contributed by atoms with Crippen LogP contribution in [-0.2, 0) is 19.4 Å². The zero-order chi connectivity index (χ0) is 8.41. The third-order valence-corrected chi connectivity index (χ3v) is 1.31. The van der Waals surface area contributed by atoms with Crippen LogP contribution in [0.15, 0.2) is 0 Å². The first-order valence-corrected chi connectivity index (χ1v) is 5.96. The number of hydrogen-bond donors (Lipinski definition) is 1. The van der Waals surface area contributed by atoms with Crippen molar-refractivity contribution in [2.75, 3.05) is 5.88 Å². The number of unbranched alkanes of at least 4 members (excludes halogenated alkanes) is 1. The summed E-state index contributed by atoms with van der Waals surface area (Å²) in [4.78, 5) is 0. The monoisotopic (exact) mass is 239 g/mol. The minimum absolute atomic E-state index is 0.647. The van der Waals surface area contributed by atoms with E-state index in [1.54, 1.807) is 0 Å². The van der Waals surface area contributed by atoms with Crippen molar-refractivity contribution < 1.29 is 24.5 Å². The van der Waals surface area contributed by atoms with Crippen LogP contribution in [0.4, 0.5) is 0 Å². The van der Waals surface area contributed by atoms with Crippen LogP contribution in [0, 0.1) is 0 Å². The fraction of sp³-hybridized carbons (Fsp3) is 1.00. The summed E-state index contributed by atoms with van der Waals surface area (Å²) in [6.45, 7) is 0. The minimum atomic E-state index is -0.682. The van der Waals surface area contributed by atoms with E-state index in [4.69, 9.17) is 28.3 Å². The summed E-state index contributed by atoms with van der Waals surface area (Å²) in [6.07, 6.45) is 2.49. The summed E-state index contributed by atoms with van der Waals surface area (Å²) in [5.41, 5.74) is -0.682. The van der Waals surface area contributed by atoms with Crippen LogP contribution in [0.1, 0.15) is 19.3 Å². The van der Waals surface area contributed by atoms with Crippen molar-refractivity contribution in [2.24, 2.45) is 0 Å². The van der Waals surface area contributed by atoms with Crippen LogP contribution in [0.2, 0.25) is 0 Å². The van der Waals surface area contributed by atoms with Crippen molar-refractivity contribution in [3.05, 3.63) is 0 Å². The van der Waals surface area contributed by atoms with Gasteiger partial charge in [0, 0.05) is 5.88 Å². The van der Waals surface area contributed by atoms with Crippen LogP contribution in [0.3, 0.4) is 0 Å². The average Bonchev–Trinajstić information content (AvgIpc) is 1.92. The molecular formula is C5H10Cl3OTi. The number of aliphatic hydroxyl groups is 1. The van der Waals surface area contributed by atoms with Crippen LogP contribution in [0.25, 0.3) is 0 Å². The van der Waals surface area contributed by atoms with Crippen molar-refractivity contribution in [3.63, 3.8) is 0 Å². The zero-order valence-corrected chi connectivity index (χ0v) is 9.32. The fourth-order valence-electron chi connectivity index (χ4n) is 0.407. The molecule has 0 saturated carbocycles. The van der Waals surface area contributed by atoms with Gasteiger partial charge in [0.1, 0.15) is 5.56 Å². The second kappa shape index (κ2) is 13.2. The van der Waals surface area contributed by atoms with Gasteiger partial charge in [0.25, 0.3) is 0 Å². The quantitative estimate of drug-likeness (QED) is 0.455. The Kier molecular flexibility index (Phi) is 18.5. The van der Waals surface area contributed by atoms with Gasteiger partial charge in [-0.3, -0.25) is 0 Å². The van der Waals surface area contributed by atoms with E-state index in [9.17, 15) is 0 Å². The molecule has 0 saturated heterocycles. The Hall–Kier alpha value is 1.54. The number of alkyl halides is 2. The average molecular weight is 240 g/mol. The summed E-state index contributed by atoms with van der Waals surface area (Å²) in [7, 11) is 4.64. The Labute approximate surface area is 87.3 Å². The molecule has 0 aliphatic heterocycles. The molecule has 0 aliphatic rings. The predicted molar refractivity (Wildman–Crippen MR) is 42.3 cm³/mol. The van der Waals surface area contributed by atoms with Gasteiger partial charge in [-0.25, -0.2) is 0 Å². The molecule has 0 bridgehead atoms. The van der Waals surface area contributed by atoms with E-state index < -0.39 is 5.56 Å². The molecule has 0 aromatic rings. The van der Waals surface area contributed by atoms with Gasteiger partial charge in [0.2, 0.25) is 0 Å². The van der Waals surface area contributed by atoms with Gasteiger partial charge in [-0.15, -0.1) is 11.6 Å². The molecule has 1 N–H and O–H groups in total. The molecule has 0 aliphatic carbocycles. The van der Waals surface area contributed by atoms with E-state index in [-0.39, 0.29) is 0 Å². The molecule has 0 aromatic carbocycles. The topological polar surface area (TPSA) is 20.2 Å². The molecule has 5 heteroatoms. The third kappa shape index (κ3) is 16.3. The number of halogens is 3. The Balaban J connectivity index is 0. The normalized spacial score (nSPS) is 11.5. The van der Waals surface area contributed by atoms with Crippen molar-refractivity contribution in [3.8, 4) is 0 Å². The standard InChI is InChI=1S/C5H10Cl2O.ClH.Ti/c6-4-2-1-3-5(7)8;;/h5,8H,1-4H2;1H;/q;;+1/p-1. The molecule has 0 fully saturated rings. The van der Waals surface area contributed by atoms with Crippen LogP contribution in [-0.4, -0.2) is 16.5 Å². The summed E-state index contributed by atoms with van der Waals surface area (Å²) in [5, 5.41) is 8.50. The number of aliphatic hydroxyl groups excluding tert-OH is 1. The Morgan fingerprint density at radius 1 is 1.30 bits per heavy atom. The SMILES string of the molecule is OC(Cl)CCCCCl.[Cl][Ti]. The van der Waals surface area contributed by atoms with Crippen molar-refractivity contribution in [1.82, 2.24) is 0 Å². The van der Waals surface area contributed by atoms with Gasteiger partial charge < -0.3 is 5.11 Å². The van der Waals surface area contributed by atoms with Crippen molar-refractivity contribution in [2.45, 2.75) is 24.8 Å². The van der Waals surface area contributed by atoms with Crippen LogP contribution in [0.5, 0.6) is 0 Å². The van der Waals surface area contributed by atoms with Crippen LogP contribution >= 0.6 is 32.5 Å². The molecule has 0 rings (SSSR count). The second-order valence-corrected chi connectivity index (χ2v) is 2.50. The summed E-state index contributed by atoms with van der Waals surface area (Å²) in [5.74, 6) is 0.656. The van der Waals surface area contributed by atoms with Gasteiger partial charge in [0.05, 0.1) is 0 Å². The third-order valence-electron chi connectivity index (χ3n) is 0.826. The molecule has 0 heterocycles. The molecule has 0 radical (unpaired) electrons. The molecule has 1 unspecified atom stereocenters. The first-order valence-electron chi connectivity index (χ1n) is 2.84.